The van der Waals surface area contributed by atoms with Crippen LogP contribution in [-0.2, 0) is 0 Å². The van der Waals surface area contributed by atoms with Crippen molar-refractivity contribution in [1.29, 1.82) is 0 Å². The quantitative estimate of drug-likeness (QED) is 0.624. The first kappa shape index (κ1) is 15.3. The van der Waals surface area contributed by atoms with Crippen LogP contribution in [0.25, 0.3) is 0 Å². The van der Waals surface area contributed by atoms with Crippen LogP contribution in [0.15, 0.2) is 0 Å². The van der Waals surface area contributed by atoms with Gasteiger partial charge in [0.15, 0.2) is 0 Å². The monoisotopic (exact) mass is 256 g/mol. The molecule has 0 aromatic carbocycles. The first-order chi connectivity index (χ1) is 8.56. The topological polar surface area (TPSA) is 61.4 Å². The van der Waals surface area contributed by atoms with Gasteiger partial charge in [0, 0.05) is 13.1 Å². The van der Waals surface area contributed by atoms with Crippen molar-refractivity contribution in [2.45, 2.75) is 59.0 Å². The van der Waals surface area contributed by atoms with E-state index in [4.69, 9.17) is 0 Å². The molecule has 0 aliphatic heterocycles. The Hall–Kier alpha value is -0.770. The highest BCUT2D eigenvalue weighted by Crippen LogP contribution is 2.47. The molecule has 1 saturated carbocycles. The lowest BCUT2D eigenvalue weighted by Gasteiger charge is -2.21. The molecule has 1 rings (SSSR count). The summed E-state index contributed by atoms with van der Waals surface area (Å²) in [6.07, 6.45) is 5.02. The van der Waals surface area contributed by atoms with E-state index in [1.165, 1.54) is 12.8 Å². The normalized spacial score (nSPS) is 18.5. The van der Waals surface area contributed by atoms with Gasteiger partial charge in [-0.3, -0.25) is 0 Å². The van der Waals surface area contributed by atoms with Crippen molar-refractivity contribution in [3.8, 4) is 0 Å². The average Bonchev–Trinajstić information content (AvgIpc) is 3.16. The number of carbonyl (C=O) groups is 1. The van der Waals surface area contributed by atoms with Gasteiger partial charge >= 0.3 is 6.03 Å². The van der Waals surface area contributed by atoms with Crippen molar-refractivity contribution in [2.75, 3.05) is 13.1 Å². The summed E-state index contributed by atoms with van der Waals surface area (Å²) in [4.78, 5) is 11.6. The van der Waals surface area contributed by atoms with Crippen LogP contribution >= 0.6 is 0 Å². The zero-order valence-electron chi connectivity index (χ0n) is 12.0. The molecule has 0 radical (unpaired) electrons. The fourth-order valence-electron chi connectivity index (χ4n) is 2.36. The summed E-state index contributed by atoms with van der Waals surface area (Å²) in [5.41, 5.74) is 0.366. The van der Waals surface area contributed by atoms with E-state index in [1.54, 1.807) is 0 Å². The predicted octanol–water partition coefficient (Wildman–Crippen LogP) is 2.27. The number of aliphatic hydroxyl groups excluding tert-OH is 1. The molecule has 4 heteroatoms. The number of nitrogens with one attached hydrogen (secondary N) is 2. The third-order valence-corrected chi connectivity index (χ3v) is 4.40. The first-order valence-electron chi connectivity index (χ1n) is 7.26. The zero-order chi connectivity index (χ0) is 13.6. The van der Waals surface area contributed by atoms with Crippen LogP contribution in [0, 0.1) is 11.3 Å². The lowest BCUT2D eigenvalue weighted by atomic mass is 9.97. The molecule has 1 aliphatic carbocycles. The van der Waals surface area contributed by atoms with Crippen molar-refractivity contribution >= 4 is 6.03 Å². The number of carbonyl (C=O) groups excluding carboxylic acids is 1. The molecule has 0 spiro atoms. The largest absolute Gasteiger partial charge is 0.391 e. The van der Waals surface area contributed by atoms with Crippen LogP contribution in [0.4, 0.5) is 4.79 Å². The summed E-state index contributed by atoms with van der Waals surface area (Å²) in [7, 11) is 0. The second-order valence-corrected chi connectivity index (χ2v) is 5.56. The van der Waals surface area contributed by atoms with Crippen molar-refractivity contribution < 1.29 is 9.90 Å². The summed E-state index contributed by atoms with van der Waals surface area (Å²) >= 11 is 0. The lowest BCUT2D eigenvalue weighted by molar-refractivity contribution is 0.103. The Morgan fingerprint density at radius 1 is 1.22 bits per heavy atom. The van der Waals surface area contributed by atoms with E-state index in [2.05, 4.69) is 31.4 Å². The van der Waals surface area contributed by atoms with E-state index >= 15 is 0 Å². The van der Waals surface area contributed by atoms with Crippen LogP contribution in [0.2, 0.25) is 0 Å². The van der Waals surface area contributed by atoms with E-state index < -0.39 is 6.10 Å². The Balaban J connectivity index is 2.16. The second kappa shape index (κ2) is 6.98. The fourth-order valence-corrected chi connectivity index (χ4v) is 2.36. The van der Waals surface area contributed by atoms with Crippen molar-refractivity contribution in [3.63, 3.8) is 0 Å². The fraction of sp³-hybridized carbons (Fsp3) is 0.929. The highest BCUT2D eigenvalue weighted by Gasteiger charge is 2.40. The molecule has 1 atom stereocenters. The molecule has 4 nitrogen and oxygen atoms in total. The van der Waals surface area contributed by atoms with E-state index in [0.717, 1.165) is 25.8 Å². The summed E-state index contributed by atoms with van der Waals surface area (Å²) in [5, 5.41) is 15.6. The first-order valence-corrected chi connectivity index (χ1v) is 7.26. The van der Waals surface area contributed by atoms with Gasteiger partial charge in [-0.1, -0.05) is 33.6 Å². The van der Waals surface area contributed by atoms with Crippen LogP contribution in [0.1, 0.15) is 52.9 Å². The molecule has 1 aliphatic rings. The minimum absolute atomic E-state index is 0.153. The van der Waals surface area contributed by atoms with E-state index in [0.29, 0.717) is 12.0 Å². The SMILES string of the molecule is CCC(CC)C(O)CNC(=O)NCC1(CC)CC1. The van der Waals surface area contributed by atoms with Gasteiger partial charge in [0.05, 0.1) is 6.10 Å². The predicted molar refractivity (Wildman–Crippen MR) is 73.4 cm³/mol. The molecule has 18 heavy (non-hydrogen) atoms. The molecule has 0 heterocycles. The molecule has 0 saturated heterocycles. The van der Waals surface area contributed by atoms with Crippen LogP contribution < -0.4 is 10.6 Å². The molecule has 0 aromatic rings. The number of hydrogen-bond donors (Lipinski definition) is 3. The minimum Gasteiger partial charge on any atom is -0.391 e. The van der Waals surface area contributed by atoms with Gasteiger partial charge in [-0.2, -0.15) is 0 Å². The van der Waals surface area contributed by atoms with Crippen molar-refractivity contribution in [1.82, 2.24) is 10.6 Å². The van der Waals surface area contributed by atoms with Crippen molar-refractivity contribution in [2.24, 2.45) is 11.3 Å². The average molecular weight is 256 g/mol. The standard InChI is InChI=1S/C14H28N2O2/c1-4-11(5-2)12(17)9-15-13(18)16-10-14(6-3)7-8-14/h11-12,17H,4-10H2,1-3H3,(H2,15,16,18). The van der Waals surface area contributed by atoms with Gasteiger partial charge in [0.25, 0.3) is 0 Å². The number of amides is 2. The molecule has 1 unspecified atom stereocenters. The Labute approximate surface area is 111 Å². The van der Waals surface area contributed by atoms with E-state index in [9.17, 15) is 9.90 Å². The maximum Gasteiger partial charge on any atom is 0.314 e. The minimum atomic E-state index is -0.438. The van der Waals surface area contributed by atoms with Gasteiger partial charge in [-0.05, 0) is 30.6 Å². The molecule has 2 amide bonds. The Kier molecular flexibility index (Phi) is 5.93. The van der Waals surface area contributed by atoms with Crippen LogP contribution in [0.5, 0.6) is 0 Å². The van der Waals surface area contributed by atoms with Gasteiger partial charge in [0.2, 0.25) is 0 Å². The third-order valence-electron chi connectivity index (χ3n) is 4.40. The third kappa shape index (κ3) is 4.48. The molecular weight excluding hydrogens is 228 g/mol. The molecular formula is C14H28N2O2. The number of aliphatic hydroxyl groups is 1. The maximum absolute atomic E-state index is 11.6. The second-order valence-electron chi connectivity index (χ2n) is 5.56. The van der Waals surface area contributed by atoms with Crippen LogP contribution in [0.3, 0.4) is 0 Å². The molecule has 0 bridgehead atoms. The number of rotatable bonds is 8. The summed E-state index contributed by atoms with van der Waals surface area (Å²) in [6.45, 7) is 7.41. The number of urea groups is 1. The number of hydrogen-bond acceptors (Lipinski definition) is 2. The Morgan fingerprint density at radius 2 is 1.83 bits per heavy atom. The zero-order valence-corrected chi connectivity index (χ0v) is 12.0. The maximum atomic E-state index is 11.6. The van der Waals surface area contributed by atoms with Gasteiger partial charge in [-0.25, -0.2) is 4.79 Å². The van der Waals surface area contributed by atoms with E-state index in [1.807, 2.05) is 0 Å². The molecule has 3 N–H and O–H groups in total. The molecule has 1 fully saturated rings. The summed E-state index contributed by atoms with van der Waals surface area (Å²) in [5.74, 6) is 0.274. The Morgan fingerprint density at radius 3 is 2.28 bits per heavy atom. The van der Waals surface area contributed by atoms with Gasteiger partial charge in [0.1, 0.15) is 0 Å². The summed E-state index contributed by atoms with van der Waals surface area (Å²) < 4.78 is 0. The molecule has 0 aromatic heterocycles. The van der Waals surface area contributed by atoms with Crippen molar-refractivity contribution in [3.05, 3.63) is 0 Å². The van der Waals surface area contributed by atoms with E-state index in [-0.39, 0.29) is 11.9 Å². The van der Waals surface area contributed by atoms with Gasteiger partial charge in [-0.15, -0.1) is 0 Å². The van der Waals surface area contributed by atoms with Gasteiger partial charge < -0.3 is 15.7 Å². The lowest BCUT2D eigenvalue weighted by Crippen LogP contribution is -2.43. The Bertz CT molecular complexity index is 261. The highest BCUT2D eigenvalue weighted by atomic mass is 16.3. The molecule has 106 valence electrons. The summed E-state index contributed by atoms with van der Waals surface area (Å²) in [6, 6.07) is -0.153. The highest BCUT2D eigenvalue weighted by molar-refractivity contribution is 5.73. The smallest absolute Gasteiger partial charge is 0.314 e. The van der Waals surface area contributed by atoms with Crippen LogP contribution in [-0.4, -0.2) is 30.3 Å².